The normalized spacial score (nSPS) is 11.2. The second kappa shape index (κ2) is 11.7. The van der Waals surface area contributed by atoms with Crippen LogP contribution in [0.25, 0.3) is 0 Å². The van der Waals surface area contributed by atoms with Gasteiger partial charge in [-0.1, -0.05) is 12.1 Å². The van der Waals surface area contributed by atoms with Gasteiger partial charge in [-0.05, 0) is 26.2 Å². The molecule has 0 aliphatic rings. The van der Waals surface area contributed by atoms with E-state index in [0.717, 1.165) is 6.20 Å². The van der Waals surface area contributed by atoms with E-state index in [1.54, 1.807) is 55.4 Å². The second-order valence-electron chi connectivity index (χ2n) is 7.82. The van der Waals surface area contributed by atoms with Crippen molar-refractivity contribution in [3.05, 3.63) is 48.4 Å². The Kier molecular flexibility index (Phi) is 8.72. The highest BCUT2D eigenvalue weighted by molar-refractivity contribution is 7.92. The molecular weight excluding hydrogens is 491 g/mol. The molecule has 1 aromatic heterocycles. The second-order valence-corrected chi connectivity index (χ2v) is 9.67. The molecule has 0 unspecified atom stereocenters. The Hall–Kier alpha value is -3.84. The molecular formula is C23H29FN6O5S. The summed E-state index contributed by atoms with van der Waals surface area (Å²) < 4.78 is 58.1. The van der Waals surface area contributed by atoms with Crippen LogP contribution in [0.2, 0.25) is 0 Å². The fraction of sp³-hybridized carbons (Fsp3) is 0.304. The van der Waals surface area contributed by atoms with Crippen LogP contribution in [0.5, 0.6) is 17.2 Å². The predicted octanol–water partition coefficient (Wildman–Crippen LogP) is 3.43. The van der Waals surface area contributed by atoms with Gasteiger partial charge in [0, 0.05) is 24.4 Å². The zero-order valence-corrected chi connectivity index (χ0v) is 21.4. The minimum atomic E-state index is -3.63. The molecule has 36 heavy (non-hydrogen) atoms. The molecule has 0 aliphatic carbocycles. The van der Waals surface area contributed by atoms with Crippen molar-refractivity contribution in [3.63, 3.8) is 0 Å². The van der Waals surface area contributed by atoms with Gasteiger partial charge in [0.25, 0.3) is 0 Å². The molecule has 0 bridgehead atoms. The van der Waals surface area contributed by atoms with Crippen molar-refractivity contribution in [1.29, 1.82) is 0 Å². The van der Waals surface area contributed by atoms with E-state index < -0.39 is 15.8 Å². The average Bonchev–Trinajstić information content (AvgIpc) is 2.85. The van der Waals surface area contributed by atoms with Crippen LogP contribution in [0, 0.1) is 5.82 Å². The first-order valence-electron chi connectivity index (χ1n) is 10.8. The SMILES string of the molecule is COc1cc(Nc2ncc(F)c(Nc3ccccc3NS(=O)(=O)CCN(C)C)n2)cc(OC)c1OC. The number of benzene rings is 2. The summed E-state index contributed by atoms with van der Waals surface area (Å²) in [7, 11) is 4.42. The quantitative estimate of drug-likeness (QED) is 0.327. The number of nitrogens with one attached hydrogen (secondary N) is 3. The van der Waals surface area contributed by atoms with Crippen LogP contribution in [0.4, 0.5) is 33.2 Å². The lowest BCUT2D eigenvalue weighted by Gasteiger charge is -2.16. The lowest BCUT2D eigenvalue weighted by molar-refractivity contribution is 0.324. The van der Waals surface area contributed by atoms with Gasteiger partial charge in [-0.2, -0.15) is 4.98 Å². The number of rotatable bonds is 12. The molecule has 0 amide bonds. The molecule has 2 aromatic carbocycles. The maximum atomic E-state index is 14.6. The third kappa shape index (κ3) is 6.86. The van der Waals surface area contributed by atoms with Crippen LogP contribution >= 0.6 is 0 Å². The third-order valence-corrected chi connectivity index (χ3v) is 6.17. The van der Waals surface area contributed by atoms with Crippen molar-refractivity contribution in [2.24, 2.45) is 0 Å². The first-order valence-corrected chi connectivity index (χ1v) is 12.4. The summed E-state index contributed by atoms with van der Waals surface area (Å²) in [6.07, 6.45) is 1.000. The van der Waals surface area contributed by atoms with Gasteiger partial charge in [0.1, 0.15) is 0 Å². The number of aromatic nitrogens is 2. The number of hydrogen-bond acceptors (Lipinski definition) is 10. The number of hydrogen-bond donors (Lipinski definition) is 3. The minimum Gasteiger partial charge on any atom is -0.493 e. The summed E-state index contributed by atoms with van der Waals surface area (Å²) >= 11 is 0. The fourth-order valence-corrected chi connectivity index (χ4v) is 4.35. The lowest BCUT2D eigenvalue weighted by atomic mass is 10.2. The van der Waals surface area contributed by atoms with Gasteiger partial charge in [0.15, 0.2) is 23.1 Å². The Morgan fingerprint density at radius 2 is 1.61 bits per heavy atom. The number of sulfonamides is 1. The molecule has 0 aliphatic heterocycles. The molecule has 0 atom stereocenters. The topological polar surface area (TPSA) is 127 Å². The summed E-state index contributed by atoms with van der Waals surface area (Å²) in [5.41, 5.74) is 1.09. The van der Waals surface area contributed by atoms with E-state index in [1.807, 2.05) is 0 Å². The molecule has 0 radical (unpaired) electrons. The zero-order chi connectivity index (χ0) is 26.3. The molecule has 3 N–H and O–H groups in total. The van der Waals surface area contributed by atoms with E-state index in [9.17, 15) is 12.8 Å². The Balaban J connectivity index is 1.86. The van der Waals surface area contributed by atoms with Gasteiger partial charge in [-0.25, -0.2) is 17.8 Å². The van der Waals surface area contributed by atoms with Crippen LogP contribution in [-0.4, -0.2) is 71.0 Å². The lowest BCUT2D eigenvalue weighted by Crippen LogP contribution is -2.26. The maximum Gasteiger partial charge on any atom is 0.234 e. The summed E-state index contributed by atoms with van der Waals surface area (Å²) in [6.45, 7) is 0.349. The van der Waals surface area contributed by atoms with Crippen molar-refractivity contribution >= 4 is 38.9 Å². The number of methoxy groups -OCH3 is 3. The maximum absolute atomic E-state index is 14.6. The summed E-state index contributed by atoms with van der Waals surface area (Å²) in [6, 6.07) is 9.84. The van der Waals surface area contributed by atoms with Crippen LogP contribution in [-0.2, 0) is 10.0 Å². The van der Waals surface area contributed by atoms with Crippen molar-refractivity contribution in [3.8, 4) is 17.2 Å². The van der Waals surface area contributed by atoms with Gasteiger partial charge in [0.2, 0.25) is 21.7 Å². The summed E-state index contributed by atoms with van der Waals surface area (Å²) in [5.74, 6) is 0.343. The van der Waals surface area contributed by atoms with Gasteiger partial charge < -0.3 is 29.7 Å². The first kappa shape index (κ1) is 26.8. The molecule has 3 aromatic rings. The first-order chi connectivity index (χ1) is 17.2. The molecule has 0 spiro atoms. The fourth-order valence-electron chi connectivity index (χ4n) is 3.13. The summed E-state index contributed by atoms with van der Waals surface area (Å²) in [4.78, 5) is 9.96. The van der Waals surface area contributed by atoms with Crippen LogP contribution in [0.15, 0.2) is 42.6 Å². The molecule has 0 fully saturated rings. The molecule has 194 valence electrons. The standard InChI is InChI=1S/C23H29FN6O5S/c1-30(2)10-11-36(31,32)29-18-9-7-6-8-17(18)27-22-16(24)14-25-23(28-22)26-15-12-19(33-3)21(35-5)20(13-15)34-4/h6-9,12-14,29H,10-11H2,1-5H3,(H2,25,26,27,28). The van der Waals surface area contributed by atoms with Crippen molar-refractivity contribution in [2.45, 2.75) is 0 Å². The molecule has 0 saturated carbocycles. The highest BCUT2D eigenvalue weighted by atomic mass is 32.2. The Bertz CT molecular complexity index is 1280. The van der Waals surface area contributed by atoms with Crippen LogP contribution in [0.3, 0.4) is 0 Å². The number of ether oxygens (including phenoxy) is 3. The average molecular weight is 521 g/mol. The summed E-state index contributed by atoms with van der Waals surface area (Å²) in [5, 5.41) is 5.82. The largest absolute Gasteiger partial charge is 0.493 e. The third-order valence-electron chi connectivity index (χ3n) is 4.92. The van der Waals surface area contributed by atoms with E-state index in [1.165, 1.54) is 21.3 Å². The molecule has 0 saturated heterocycles. The van der Waals surface area contributed by atoms with Gasteiger partial charge in [-0.15, -0.1) is 0 Å². The Labute approximate surface area is 209 Å². The highest BCUT2D eigenvalue weighted by Gasteiger charge is 2.17. The van der Waals surface area contributed by atoms with Crippen molar-refractivity contribution < 1.29 is 27.0 Å². The smallest absolute Gasteiger partial charge is 0.234 e. The molecule has 1 heterocycles. The molecule has 11 nitrogen and oxygen atoms in total. The number of anilines is 5. The van der Waals surface area contributed by atoms with E-state index in [4.69, 9.17) is 14.2 Å². The van der Waals surface area contributed by atoms with Gasteiger partial charge in [-0.3, -0.25) is 4.72 Å². The van der Waals surface area contributed by atoms with E-state index in [0.29, 0.717) is 35.2 Å². The van der Waals surface area contributed by atoms with Crippen molar-refractivity contribution in [1.82, 2.24) is 14.9 Å². The van der Waals surface area contributed by atoms with Gasteiger partial charge in [0.05, 0.1) is 44.7 Å². The van der Waals surface area contributed by atoms with Crippen LogP contribution < -0.4 is 29.6 Å². The van der Waals surface area contributed by atoms with Crippen molar-refractivity contribution in [2.75, 3.05) is 63.1 Å². The Morgan fingerprint density at radius 3 is 2.19 bits per heavy atom. The molecule has 3 rings (SSSR count). The molecule has 13 heteroatoms. The number of nitrogens with zero attached hydrogens (tertiary/aromatic N) is 3. The zero-order valence-electron chi connectivity index (χ0n) is 20.6. The van der Waals surface area contributed by atoms with E-state index in [-0.39, 0.29) is 23.2 Å². The predicted molar refractivity (Wildman–Crippen MR) is 137 cm³/mol. The monoisotopic (exact) mass is 520 g/mol. The van der Waals surface area contributed by atoms with E-state index in [2.05, 4.69) is 25.3 Å². The minimum absolute atomic E-state index is 0.0808. The number of para-hydroxylation sites is 2. The number of halogens is 1. The van der Waals surface area contributed by atoms with Crippen LogP contribution in [0.1, 0.15) is 0 Å². The van der Waals surface area contributed by atoms with E-state index >= 15 is 0 Å². The van der Waals surface area contributed by atoms with Gasteiger partial charge >= 0.3 is 0 Å². The highest BCUT2D eigenvalue weighted by Crippen LogP contribution is 2.40. The Morgan fingerprint density at radius 1 is 0.972 bits per heavy atom.